The average Bonchev–Trinajstić information content (AvgIpc) is 2.60. The molecule has 0 radical (unpaired) electrons. The van der Waals surface area contributed by atoms with Gasteiger partial charge in [0.1, 0.15) is 5.54 Å². The van der Waals surface area contributed by atoms with Gasteiger partial charge in [-0.25, -0.2) is 5.06 Å². The zero-order valence-electron chi connectivity index (χ0n) is 12.4. The first-order valence-corrected chi connectivity index (χ1v) is 6.72. The highest BCUT2D eigenvalue weighted by atomic mass is 16.5. The van der Waals surface area contributed by atoms with Crippen molar-refractivity contribution >= 4 is 11.8 Å². The lowest BCUT2D eigenvalue weighted by molar-refractivity contribution is -0.136. The number of rotatable bonds is 4. The molecule has 114 valence electrons. The number of hydrogen-bond donors (Lipinski definition) is 3. The standard InChI is InChI=1S/C15H20N2O4/c1-14(2)15(3,9-18)16-13(17(14)21)11-6-4-10(5-7-11)8-12(19)20/h4-7,18,21H,8-9H2,1-3H3,(H,19,20). The van der Waals surface area contributed by atoms with Gasteiger partial charge in [0.05, 0.1) is 18.6 Å². The highest BCUT2D eigenvalue weighted by molar-refractivity contribution is 6.00. The first-order chi connectivity index (χ1) is 9.71. The number of aliphatic hydroxyl groups excluding tert-OH is 1. The van der Waals surface area contributed by atoms with Crippen molar-refractivity contribution in [3.63, 3.8) is 0 Å². The average molecular weight is 292 g/mol. The van der Waals surface area contributed by atoms with E-state index in [1.165, 1.54) is 0 Å². The Morgan fingerprint density at radius 1 is 1.24 bits per heavy atom. The van der Waals surface area contributed by atoms with Crippen LogP contribution in [-0.2, 0) is 11.2 Å². The smallest absolute Gasteiger partial charge is 0.307 e. The van der Waals surface area contributed by atoms with Gasteiger partial charge in [0, 0.05) is 5.56 Å². The van der Waals surface area contributed by atoms with Crippen LogP contribution in [0.3, 0.4) is 0 Å². The molecular formula is C15H20N2O4. The number of hydroxylamine groups is 2. The van der Waals surface area contributed by atoms with E-state index in [1.807, 2.05) is 0 Å². The quantitative estimate of drug-likeness (QED) is 0.777. The summed E-state index contributed by atoms with van der Waals surface area (Å²) in [6.07, 6.45) is -0.0462. The largest absolute Gasteiger partial charge is 0.481 e. The Hall–Kier alpha value is -1.92. The van der Waals surface area contributed by atoms with Gasteiger partial charge in [-0.2, -0.15) is 0 Å². The van der Waals surface area contributed by atoms with Gasteiger partial charge in [-0.15, -0.1) is 0 Å². The maximum Gasteiger partial charge on any atom is 0.307 e. The van der Waals surface area contributed by atoms with E-state index in [0.717, 1.165) is 5.06 Å². The van der Waals surface area contributed by atoms with Crippen molar-refractivity contribution in [2.75, 3.05) is 6.61 Å². The van der Waals surface area contributed by atoms with Crippen LogP contribution in [0, 0.1) is 0 Å². The zero-order valence-corrected chi connectivity index (χ0v) is 12.4. The molecule has 0 spiro atoms. The lowest BCUT2D eigenvalue weighted by Crippen LogP contribution is -2.54. The second-order valence-corrected chi connectivity index (χ2v) is 6.01. The fraction of sp³-hybridized carbons (Fsp3) is 0.467. The predicted octanol–water partition coefficient (Wildman–Crippen LogP) is 1.29. The number of carbonyl (C=O) groups is 1. The van der Waals surface area contributed by atoms with Crippen LogP contribution in [0.25, 0.3) is 0 Å². The summed E-state index contributed by atoms with van der Waals surface area (Å²) in [4.78, 5) is 15.1. The summed E-state index contributed by atoms with van der Waals surface area (Å²) in [5.41, 5.74) is -0.191. The second kappa shape index (κ2) is 5.13. The van der Waals surface area contributed by atoms with Crippen LogP contribution in [0.1, 0.15) is 31.9 Å². The fourth-order valence-electron chi connectivity index (χ4n) is 2.27. The van der Waals surface area contributed by atoms with Crippen LogP contribution in [-0.4, -0.2) is 50.0 Å². The van der Waals surface area contributed by atoms with Crippen molar-refractivity contribution < 1.29 is 20.2 Å². The summed E-state index contributed by atoms with van der Waals surface area (Å²) in [5, 5.41) is 29.7. The normalized spacial score (nSPS) is 24.0. The molecule has 0 fully saturated rings. The zero-order chi connectivity index (χ0) is 15.8. The molecule has 1 aliphatic rings. The molecule has 21 heavy (non-hydrogen) atoms. The number of nitrogens with zero attached hydrogens (tertiary/aromatic N) is 2. The van der Waals surface area contributed by atoms with Crippen LogP contribution in [0.4, 0.5) is 0 Å². The maximum absolute atomic E-state index is 10.7. The van der Waals surface area contributed by atoms with Gasteiger partial charge in [-0.3, -0.25) is 15.0 Å². The topological polar surface area (TPSA) is 93.4 Å². The molecule has 1 aromatic rings. The number of hydrogen-bond acceptors (Lipinski definition) is 5. The molecule has 1 aromatic carbocycles. The molecule has 1 unspecified atom stereocenters. The molecule has 2 rings (SSSR count). The van der Waals surface area contributed by atoms with Gasteiger partial charge < -0.3 is 10.2 Å². The number of benzene rings is 1. The van der Waals surface area contributed by atoms with Gasteiger partial charge in [0.25, 0.3) is 0 Å². The summed E-state index contributed by atoms with van der Waals surface area (Å²) in [5.74, 6) is -0.517. The third-order valence-electron chi connectivity index (χ3n) is 4.28. The first kappa shape index (κ1) is 15.5. The first-order valence-electron chi connectivity index (χ1n) is 6.72. The molecule has 0 aromatic heterocycles. The van der Waals surface area contributed by atoms with E-state index < -0.39 is 17.0 Å². The molecule has 3 N–H and O–H groups in total. The van der Waals surface area contributed by atoms with Crippen LogP contribution in [0.5, 0.6) is 0 Å². The van der Waals surface area contributed by atoms with Crippen LogP contribution < -0.4 is 0 Å². The molecule has 6 nitrogen and oxygen atoms in total. The number of carboxylic acid groups (broad SMARTS) is 1. The minimum Gasteiger partial charge on any atom is -0.481 e. The molecule has 1 aliphatic heterocycles. The predicted molar refractivity (Wildman–Crippen MR) is 77.5 cm³/mol. The second-order valence-electron chi connectivity index (χ2n) is 6.01. The van der Waals surface area contributed by atoms with Crippen molar-refractivity contribution in [3.8, 4) is 0 Å². The Morgan fingerprint density at radius 2 is 1.81 bits per heavy atom. The van der Waals surface area contributed by atoms with E-state index >= 15 is 0 Å². The lowest BCUT2D eigenvalue weighted by atomic mass is 9.83. The maximum atomic E-state index is 10.7. The van der Waals surface area contributed by atoms with Crippen molar-refractivity contribution in [2.24, 2.45) is 4.99 Å². The number of carboxylic acids is 1. The van der Waals surface area contributed by atoms with Gasteiger partial charge in [0.2, 0.25) is 0 Å². The van der Waals surface area contributed by atoms with E-state index in [9.17, 15) is 15.1 Å². The Bertz CT molecular complexity index is 580. The molecule has 1 heterocycles. The molecule has 6 heteroatoms. The van der Waals surface area contributed by atoms with Crippen molar-refractivity contribution in [2.45, 2.75) is 38.3 Å². The van der Waals surface area contributed by atoms with Gasteiger partial charge >= 0.3 is 5.97 Å². The molecule has 0 bridgehead atoms. The molecule has 0 saturated carbocycles. The fourth-order valence-corrected chi connectivity index (χ4v) is 2.27. The minimum absolute atomic E-state index is 0.0462. The van der Waals surface area contributed by atoms with E-state index in [0.29, 0.717) is 17.0 Å². The highest BCUT2D eigenvalue weighted by Crippen LogP contribution is 2.37. The molecular weight excluding hydrogens is 272 g/mol. The Kier molecular flexibility index (Phi) is 3.78. The summed E-state index contributed by atoms with van der Waals surface area (Å²) in [6, 6.07) is 6.84. The highest BCUT2D eigenvalue weighted by Gasteiger charge is 2.51. The number of aliphatic imine (C=N–C) groups is 1. The van der Waals surface area contributed by atoms with E-state index in [1.54, 1.807) is 45.0 Å². The SMILES string of the molecule is CC1(CO)N=C(c2ccc(CC(=O)O)cc2)N(O)C1(C)C. The van der Waals surface area contributed by atoms with Crippen LogP contribution >= 0.6 is 0 Å². The van der Waals surface area contributed by atoms with E-state index in [4.69, 9.17) is 5.11 Å². The summed E-state index contributed by atoms with van der Waals surface area (Å²) >= 11 is 0. The summed E-state index contributed by atoms with van der Waals surface area (Å²) in [6.45, 7) is 5.21. The van der Waals surface area contributed by atoms with Crippen LogP contribution in [0.2, 0.25) is 0 Å². The lowest BCUT2D eigenvalue weighted by Gasteiger charge is -2.38. The Labute approximate surface area is 123 Å². The van der Waals surface area contributed by atoms with Crippen molar-refractivity contribution in [1.82, 2.24) is 5.06 Å². The summed E-state index contributed by atoms with van der Waals surface area (Å²) < 4.78 is 0. The van der Waals surface area contributed by atoms with Crippen molar-refractivity contribution in [3.05, 3.63) is 35.4 Å². The number of aliphatic carboxylic acids is 1. The summed E-state index contributed by atoms with van der Waals surface area (Å²) in [7, 11) is 0. The van der Waals surface area contributed by atoms with Crippen molar-refractivity contribution in [1.29, 1.82) is 0 Å². The molecule has 1 atom stereocenters. The molecule has 0 saturated heterocycles. The van der Waals surface area contributed by atoms with Gasteiger partial charge in [-0.05, 0) is 26.3 Å². The van der Waals surface area contributed by atoms with Crippen LogP contribution in [0.15, 0.2) is 29.3 Å². The monoisotopic (exact) mass is 292 g/mol. The third-order valence-corrected chi connectivity index (χ3v) is 4.28. The third kappa shape index (κ3) is 2.52. The van der Waals surface area contributed by atoms with Gasteiger partial charge in [-0.1, -0.05) is 24.3 Å². The Morgan fingerprint density at radius 3 is 2.24 bits per heavy atom. The minimum atomic E-state index is -0.890. The Balaban J connectivity index is 2.34. The molecule has 0 amide bonds. The number of amidine groups is 1. The molecule has 0 aliphatic carbocycles. The van der Waals surface area contributed by atoms with E-state index in [-0.39, 0.29) is 13.0 Å². The van der Waals surface area contributed by atoms with Gasteiger partial charge in [0.15, 0.2) is 5.84 Å². The van der Waals surface area contributed by atoms with E-state index in [2.05, 4.69) is 4.99 Å². The number of aliphatic hydroxyl groups is 1.